The number of carbonyl (C=O) groups is 3. The summed E-state index contributed by atoms with van der Waals surface area (Å²) in [6.45, 7) is 3.94. The Hall–Kier alpha value is -3.43. The Labute approximate surface area is 243 Å². The Morgan fingerprint density at radius 3 is 2.20 bits per heavy atom. The van der Waals surface area contributed by atoms with Gasteiger partial charge in [-0.1, -0.05) is 60.7 Å². The Bertz CT molecular complexity index is 1100. The van der Waals surface area contributed by atoms with Crippen LogP contribution in [0.5, 0.6) is 0 Å². The molecule has 2 fully saturated rings. The van der Waals surface area contributed by atoms with Crippen LogP contribution < -0.4 is 10.6 Å². The molecule has 0 spiro atoms. The van der Waals surface area contributed by atoms with E-state index in [1.807, 2.05) is 48.5 Å². The van der Waals surface area contributed by atoms with Crippen LogP contribution in [0.4, 0.5) is 4.79 Å². The third-order valence-electron chi connectivity index (χ3n) is 8.04. The Kier molecular flexibility index (Phi) is 12.0. The lowest BCUT2D eigenvalue weighted by Gasteiger charge is -2.29. The van der Waals surface area contributed by atoms with Crippen molar-refractivity contribution in [3.63, 3.8) is 0 Å². The molecular weight excluding hydrogens is 520 g/mol. The van der Waals surface area contributed by atoms with Gasteiger partial charge in [-0.05, 0) is 69.2 Å². The minimum Gasteiger partial charge on any atom is -0.468 e. The first-order valence-electron chi connectivity index (χ1n) is 14.9. The predicted molar refractivity (Wildman–Crippen MR) is 157 cm³/mol. The first kappa shape index (κ1) is 30.5. The molecule has 2 aromatic carbocycles. The van der Waals surface area contributed by atoms with Crippen LogP contribution in [-0.4, -0.2) is 85.7 Å². The van der Waals surface area contributed by atoms with E-state index in [1.165, 1.54) is 12.7 Å². The van der Waals surface area contributed by atoms with Gasteiger partial charge in [-0.2, -0.15) is 0 Å². The average molecular weight is 565 g/mol. The molecule has 9 heteroatoms. The molecule has 2 amide bonds. The van der Waals surface area contributed by atoms with Crippen LogP contribution in [0.3, 0.4) is 0 Å². The van der Waals surface area contributed by atoms with Gasteiger partial charge in [-0.25, -0.2) is 4.79 Å². The maximum absolute atomic E-state index is 13.5. The van der Waals surface area contributed by atoms with Crippen molar-refractivity contribution in [2.75, 3.05) is 39.8 Å². The highest BCUT2D eigenvalue weighted by atomic mass is 16.5. The molecule has 0 unspecified atom stereocenters. The number of hydrogen-bond donors (Lipinski definition) is 2. The van der Waals surface area contributed by atoms with Gasteiger partial charge in [-0.3, -0.25) is 19.4 Å². The van der Waals surface area contributed by atoms with Crippen molar-refractivity contribution in [2.45, 2.75) is 69.7 Å². The van der Waals surface area contributed by atoms with Crippen LogP contribution in [0.25, 0.3) is 0 Å². The van der Waals surface area contributed by atoms with E-state index in [0.29, 0.717) is 6.54 Å². The normalized spacial score (nSPS) is 19.9. The number of hydrogen-bond acceptors (Lipinski definition) is 7. The minimum atomic E-state index is -0.430. The van der Waals surface area contributed by atoms with Crippen molar-refractivity contribution in [3.8, 4) is 0 Å². The molecule has 2 aliphatic rings. The van der Waals surface area contributed by atoms with E-state index in [0.717, 1.165) is 76.7 Å². The van der Waals surface area contributed by atoms with Crippen LogP contribution in [0.2, 0.25) is 0 Å². The lowest BCUT2D eigenvalue weighted by molar-refractivity contribution is -0.146. The van der Waals surface area contributed by atoms with Gasteiger partial charge < -0.3 is 20.1 Å². The molecule has 2 aromatic rings. The van der Waals surface area contributed by atoms with Crippen LogP contribution >= 0.6 is 0 Å². The molecule has 222 valence electrons. The smallest absolute Gasteiger partial charge is 0.407 e. The molecule has 2 heterocycles. The summed E-state index contributed by atoms with van der Waals surface area (Å²) < 4.78 is 10.3. The van der Waals surface area contributed by atoms with Crippen LogP contribution in [0.15, 0.2) is 60.7 Å². The molecule has 2 N–H and O–H groups in total. The van der Waals surface area contributed by atoms with Gasteiger partial charge in [0.25, 0.3) is 0 Å². The summed E-state index contributed by atoms with van der Waals surface area (Å²) in [5.74, 6) is -0.115. The molecule has 2 aliphatic heterocycles. The third-order valence-corrected chi connectivity index (χ3v) is 8.04. The van der Waals surface area contributed by atoms with Gasteiger partial charge in [0.15, 0.2) is 0 Å². The number of nitrogens with one attached hydrogen (secondary N) is 2. The second kappa shape index (κ2) is 16.1. The van der Waals surface area contributed by atoms with Gasteiger partial charge in [0.05, 0.1) is 13.2 Å². The fourth-order valence-corrected chi connectivity index (χ4v) is 5.88. The highest BCUT2D eigenvalue weighted by Crippen LogP contribution is 2.21. The number of carbonyl (C=O) groups excluding carboxylic acids is 3. The topological polar surface area (TPSA) is 100 Å². The van der Waals surface area contributed by atoms with Gasteiger partial charge in [0, 0.05) is 25.7 Å². The van der Waals surface area contributed by atoms with Crippen molar-refractivity contribution in [1.82, 2.24) is 20.4 Å². The zero-order valence-corrected chi connectivity index (χ0v) is 24.1. The van der Waals surface area contributed by atoms with Crippen molar-refractivity contribution >= 4 is 18.0 Å². The van der Waals surface area contributed by atoms with Crippen molar-refractivity contribution in [1.29, 1.82) is 0 Å². The summed E-state index contributed by atoms with van der Waals surface area (Å²) in [4.78, 5) is 42.2. The molecule has 4 rings (SSSR count). The van der Waals surface area contributed by atoms with Crippen LogP contribution in [0.1, 0.15) is 49.7 Å². The SMILES string of the molecule is COC(=O)[C@@H]1CCCN1CC[C@@H](Cc1ccccc1)NC(=O)[C@@H]1CCCN1CCCNC(=O)OCc1ccccc1. The number of alkyl carbamates (subject to hydrolysis) is 1. The maximum Gasteiger partial charge on any atom is 0.407 e. The zero-order chi connectivity index (χ0) is 28.9. The second-order valence-corrected chi connectivity index (χ2v) is 10.9. The summed E-state index contributed by atoms with van der Waals surface area (Å²) in [6, 6.07) is 19.4. The number of nitrogens with zero attached hydrogens (tertiary/aromatic N) is 2. The molecular formula is C32H44N4O5. The van der Waals surface area contributed by atoms with Crippen LogP contribution in [0, 0.1) is 0 Å². The van der Waals surface area contributed by atoms with Crippen molar-refractivity contribution in [3.05, 3.63) is 71.8 Å². The molecule has 0 bridgehead atoms. The van der Waals surface area contributed by atoms with E-state index in [1.54, 1.807) is 0 Å². The molecule has 2 saturated heterocycles. The zero-order valence-electron chi connectivity index (χ0n) is 24.1. The molecule has 41 heavy (non-hydrogen) atoms. The largest absolute Gasteiger partial charge is 0.468 e. The lowest BCUT2D eigenvalue weighted by atomic mass is 10.0. The van der Waals surface area contributed by atoms with Crippen LogP contribution in [-0.2, 0) is 32.1 Å². The Morgan fingerprint density at radius 2 is 1.51 bits per heavy atom. The Balaban J connectivity index is 1.24. The fraction of sp³-hybridized carbons (Fsp3) is 0.531. The molecule has 0 saturated carbocycles. The van der Waals surface area contributed by atoms with Gasteiger partial charge in [-0.15, -0.1) is 0 Å². The number of amides is 2. The first-order valence-corrected chi connectivity index (χ1v) is 14.9. The van der Waals surface area contributed by atoms with E-state index in [4.69, 9.17) is 9.47 Å². The fourth-order valence-electron chi connectivity index (χ4n) is 5.88. The highest BCUT2D eigenvalue weighted by Gasteiger charge is 2.33. The number of likely N-dealkylation sites (tertiary alicyclic amines) is 2. The maximum atomic E-state index is 13.5. The summed E-state index contributed by atoms with van der Waals surface area (Å²) in [5.41, 5.74) is 2.13. The van der Waals surface area contributed by atoms with Gasteiger partial charge >= 0.3 is 12.1 Å². The molecule has 9 nitrogen and oxygen atoms in total. The van der Waals surface area contributed by atoms with Crippen molar-refractivity contribution < 1.29 is 23.9 Å². The minimum absolute atomic E-state index is 0.0349. The van der Waals surface area contributed by atoms with Gasteiger partial charge in [0.1, 0.15) is 12.6 Å². The standard InChI is InChI=1S/C32H44N4O5/c1-40-31(38)29-16-9-20-36(29)22-17-27(23-25-11-4-2-5-12-25)34-30(37)28-15-8-19-35(28)21-10-18-33-32(39)41-24-26-13-6-3-7-14-26/h2-7,11-14,27-29H,8-10,15-24H2,1H3,(H,33,39)(H,34,37)/t27-,28-,29-/m0/s1. The molecule has 0 radical (unpaired) electrons. The van der Waals surface area contributed by atoms with E-state index in [9.17, 15) is 14.4 Å². The van der Waals surface area contributed by atoms with Gasteiger partial charge in [0.2, 0.25) is 5.91 Å². The predicted octanol–water partition coefficient (Wildman–Crippen LogP) is 3.52. The molecule has 0 aliphatic carbocycles. The number of ether oxygens (including phenoxy) is 2. The summed E-state index contributed by atoms with van der Waals surface area (Å²) in [6.07, 6.45) is 5.41. The van der Waals surface area contributed by atoms with E-state index in [2.05, 4.69) is 32.6 Å². The van der Waals surface area contributed by atoms with Crippen molar-refractivity contribution in [2.24, 2.45) is 0 Å². The Morgan fingerprint density at radius 1 is 0.878 bits per heavy atom. The van der Waals surface area contributed by atoms with E-state index < -0.39 is 6.09 Å². The van der Waals surface area contributed by atoms with E-state index in [-0.39, 0.29) is 36.6 Å². The summed E-state index contributed by atoms with van der Waals surface area (Å²) >= 11 is 0. The first-order chi connectivity index (χ1) is 20.0. The highest BCUT2D eigenvalue weighted by molar-refractivity contribution is 5.82. The van der Waals surface area contributed by atoms with E-state index >= 15 is 0 Å². The summed E-state index contributed by atoms with van der Waals surface area (Å²) in [5, 5.41) is 6.16. The number of rotatable bonds is 14. The molecule has 0 aromatic heterocycles. The summed E-state index contributed by atoms with van der Waals surface area (Å²) in [7, 11) is 1.44. The quantitative estimate of drug-likeness (QED) is 0.268. The lowest BCUT2D eigenvalue weighted by Crippen LogP contribution is -2.49. The number of esters is 1. The molecule has 3 atom stereocenters. The third kappa shape index (κ3) is 9.57. The number of benzene rings is 2. The average Bonchev–Trinajstić information content (AvgIpc) is 3.67. The monoisotopic (exact) mass is 564 g/mol. The number of methoxy groups -OCH3 is 1. The second-order valence-electron chi connectivity index (χ2n) is 10.9.